The van der Waals surface area contributed by atoms with Gasteiger partial charge in [-0.15, -0.1) is 0 Å². The Morgan fingerprint density at radius 3 is 2.38 bits per heavy atom. The van der Waals surface area contributed by atoms with Gasteiger partial charge in [0.25, 0.3) is 0 Å². The molecule has 0 radical (unpaired) electrons. The SMILES string of the molecule is CCc1ncc(NC(=O)N(Cc2ccccc2)CC(C)(C)O)cn1. The second-order valence-corrected chi connectivity index (χ2v) is 6.33. The van der Waals surface area contributed by atoms with Crippen LogP contribution in [0.5, 0.6) is 0 Å². The first-order chi connectivity index (χ1) is 11.4. The predicted molar refractivity (Wildman–Crippen MR) is 93.6 cm³/mol. The zero-order valence-corrected chi connectivity index (χ0v) is 14.4. The summed E-state index contributed by atoms with van der Waals surface area (Å²) in [5.74, 6) is 0.727. The number of aliphatic hydroxyl groups is 1. The summed E-state index contributed by atoms with van der Waals surface area (Å²) in [4.78, 5) is 22.5. The third-order valence-electron chi connectivity index (χ3n) is 3.35. The average molecular weight is 328 g/mol. The fraction of sp³-hybridized carbons (Fsp3) is 0.389. The lowest BCUT2D eigenvalue weighted by Crippen LogP contribution is -2.43. The Balaban J connectivity index is 2.10. The molecule has 24 heavy (non-hydrogen) atoms. The minimum absolute atomic E-state index is 0.210. The van der Waals surface area contributed by atoms with Crippen molar-refractivity contribution in [3.8, 4) is 0 Å². The third-order valence-corrected chi connectivity index (χ3v) is 3.35. The Morgan fingerprint density at radius 1 is 1.21 bits per heavy atom. The molecule has 1 aromatic heterocycles. The number of anilines is 1. The number of rotatable bonds is 6. The van der Waals surface area contributed by atoms with Gasteiger partial charge in [-0.2, -0.15) is 0 Å². The van der Waals surface area contributed by atoms with E-state index in [1.807, 2.05) is 37.3 Å². The molecule has 0 spiro atoms. The number of nitrogens with zero attached hydrogens (tertiary/aromatic N) is 3. The van der Waals surface area contributed by atoms with Crippen LogP contribution in [0, 0.1) is 0 Å². The normalized spacial score (nSPS) is 11.2. The number of carbonyl (C=O) groups excluding carboxylic acids is 1. The average Bonchev–Trinajstić information content (AvgIpc) is 2.54. The summed E-state index contributed by atoms with van der Waals surface area (Å²) in [6.45, 7) is 5.94. The molecule has 0 aliphatic rings. The van der Waals surface area contributed by atoms with Crippen molar-refractivity contribution < 1.29 is 9.90 Å². The van der Waals surface area contributed by atoms with Gasteiger partial charge in [0, 0.05) is 13.0 Å². The Labute approximate surface area is 142 Å². The minimum Gasteiger partial charge on any atom is -0.389 e. The highest BCUT2D eigenvalue weighted by Crippen LogP contribution is 2.13. The fourth-order valence-corrected chi connectivity index (χ4v) is 2.27. The van der Waals surface area contributed by atoms with E-state index in [9.17, 15) is 9.90 Å². The molecular formula is C18H24N4O2. The molecule has 0 aliphatic heterocycles. The van der Waals surface area contributed by atoms with E-state index in [1.54, 1.807) is 31.1 Å². The van der Waals surface area contributed by atoms with Crippen molar-refractivity contribution in [2.24, 2.45) is 0 Å². The van der Waals surface area contributed by atoms with Crippen molar-refractivity contribution in [1.29, 1.82) is 0 Å². The lowest BCUT2D eigenvalue weighted by Gasteiger charge is -2.29. The number of hydrogen-bond donors (Lipinski definition) is 2. The van der Waals surface area contributed by atoms with E-state index in [1.165, 1.54) is 0 Å². The number of nitrogens with one attached hydrogen (secondary N) is 1. The Morgan fingerprint density at radius 2 is 1.83 bits per heavy atom. The van der Waals surface area contributed by atoms with Gasteiger partial charge >= 0.3 is 6.03 Å². The van der Waals surface area contributed by atoms with Gasteiger partial charge in [0.2, 0.25) is 0 Å². The maximum absolute atomic E-state index is 12.6. The van der Waals surface area contributed by atoms with Crippen LogP contribution in [0.15, 0.2) is 42.7 Å². The summed E-state index contributed by atoms with van der Waals surface area (Å²) in [5, 5.41) is 12.9. The number of aryl methyl sites for hydroxylation is 1. The highest BCUT2D eigenvalue weighted by atomic mass is 16.3. The molecule has 0 bridgehead atoms. The lowest BCUT2D eigenvalue weighted by molar-refractivity contribution is 0.0469. The molecule has 1 aromatic carbocycles. The quantitative estimate of drug-likeness (QED) is 0.855. The summed E-state index contributed by atoms with van der Waals surface area (Å²) in [7, 11) is 0. The molecule has 2 amide bonds. The summed E-state index contributed by atoms with van der Waals surface area (Å²) in [6, 6.07) is 9.37. The topological polar surface area (TPSA) is 78.4 Å². The number of benzene rings is 1. The van der Waals surface area contributed by atoms with Crippen LogP contribution in [0.4, 0.5) is 10.5 Å². The van der Waals surface area contributed by atoms with E-state index < -0.39 is 5.60 Å². The predicted octanol–water partition coefficient (Wildman–Crippen LogP) is 2.84. The lowest BCUT2D eigenvalue weighted by atomic mass is 10.1. The van der Waals surface area contributed by atoms with Crippen LogP contribution in [0.25, 0.3) is 0 Å². The molecule has 2 rings (SSSR count). The molecule has 2 N–H and O–H groups in total. The standard InChI is InChI=1S/C18H24N4O2/c1-4-16-19-10-15(11-20-16)21-17(23)22(13-18(2,3)24)12-14-8-6-5-7-9-14/h5-11,24H,4,12-13H2,1-3H3,(H,21,23). The van der Waals surface area contributed by atoms with Gasteiger partial charge in [-0.1, -0.05) is 37.3 Å². The van der Waals surface area contributed by atoms with Gasteiger partial charge in [-0.25, -0.2) is 14.8 Å². The fourth-order valence-electron chi connectivity index (χ4n) is 2.27. The van der Waals surface area contributed by atoms with Crippen molar-refractivity contribution in [3.63, 3.8) is 0 Å². The number of carbonyl (C=O) groups is 1. The van der Waals surface area contributed by atoms with E-state index in [4.69, 9.17) is 0 Å². The van der Waals surface area contributed by atoms with E-state index >= 15 is 0 Å². The largest absolute Gasteiger partial charge is 0.389 e. The zero-order chi connectivity index (χ0) is 17.6. The molecule has 0 unspecified atom stereocenters. The van der Waals surface area contributed by atoms with Gasteiger partial charge in [0.1, 0.15) is 5.82 Å². The molecule has 1 heterocycles. The van der Waals surface area contributed by atoms with Gasteiger partial charge in [0.15, 0.2) is 0 Å². The molecule has 2 aromatic rings. The van der Waals surface area contributed by atoms with E-state index in [0.717, 1.165) is 17.8 Å². The van der Waals surface area contributed by atoms with Crippen LogP contribution < -0.4 is 5.32 Å². The molecule has 6 heteroatoms. The number of aromatic nitrogens is 2. The zero-order valence-electron chi connectivity index (χ0n) is 14.4. The van der Waals surface area contributed by atoms with Crippen molar-refractivity contribution in [2.75, 3.05) is 11.9 Å². The van der Waals surface area contributed by atoms with Crippen LogP contribution in [0.3, 0.4) is 0 Å². The molecule has 6 nitrogen and oxygen atoms in total. The molecular weight excluding hydrogens is 304 g/mol. The minimum atomic E-state index is -0.991. The first-order valence-corrected chi connectivity index (χ1v) is 8.00. The summed E-state index contributed by atoms with van der Waals surface area (Å²) in [5.41, 5.74) is 0.537. The molecule has 0 fully saturated rings. The summed E-state index contributed by atoms with van der Waals surface area (Å²) >= 11 is 0. The molecule has 0 saturated heterocycles. The first-order valence-electron chi connectivity index (χ1n) is 8.00. The van der Waals surface area contributed by atoms with Crippen LogP contribution in [-0.4, -0.2) is 38.2 Å². The highest BCUT2D eigenvalue weighted by Gasteiger charge is 2.23. The summed E-state index contributed by atoms with van der Waals surface area (Å²) < 4.78 is 0. The van der Waals surface area contributed by atoms with Gasteiger partial charge < -0.3 is 15.3 Å². The highest BCUT2D eigenvalue weighted by molar-refractivity contribution is 5.89. The van der Waals surface area contributed by atoms with Crippen molar-refractivity contribution in [2.45, 2.75) is 39.3 Å². The third kappa shape index (κ3) is 5.62. The van der Waals surface area contributed by atoms with Crippen LogP contribution in [-0.2, 0) is 13.0 Å². The Bertz CT molecular complexity index is 651. The molecule has 128 valence electrons. The first kappa shape index (κ1) is 17.9. The van der Waals surface area contributed by atoms with E-state index in [2.05, 4.69) is 15.3 Å². The Kier molecular flexibility index (Phi) is 5.87. The van der Waals surface area contributed by atoms with Crippen LogP contribution >= 0.6 is 0 Å². The second-order valence-electron chi connectivity index (χ2n) is 6.33. The maximum atomic E-state index is 12.6. The van der Waals surface area contributed by atoms with Crippen molar-refractivity contribution in [1.82, 2.24) is 14.9 Å². The second kappa shape index (κ2) is 7.88. The van der Waals surface area contributed by atoms with Gasteiger partial charge in [0.05, 0.1) is 30.2 Å². The molecule has 0 aliphatic carbocycles. The van der Waals surface area contributed by atoms with Crippen molar-refractivity contribution in [3.05, 3.63) is 54.1 Å². The smallest absolute Gasteiger partial charge is 0.322 e. The van der Waals surface area contributed by atoms with Crippen LogP contribution in [0.1, 0.15) is 32.2 Å². The van der Waals surface area contributed by atoms with Crippen LogP contribution in [0.2, 0.25) is 0 Å². The van der Waals surface area contributed by atoms with Crippen molar-refractivity contribution >= 4 is 11.7 Å². The summed E-state index contributed by atoms with van der Waals surface area (Å²) in [6.07, 6.45) is 3.93. The maximum Gasteiger partial charge on any atom is 0.322 e. The molecule has 0 saturated carbocycles. The molecule has 0 atom stereocenters. The van der Waals surface area contributed by atoms with Gasteiger partial charge in [-0.3, -0.25) is 0 Å². The van der Waals surface area contributed by atoms with E-state index in [0.29, 0.717) is 12.2 Å². The van der Waals surface area contributed by atoms with E-state index in [-0.39, 0.29) is 12.6 Å². The van der Waals surface area contributed by atoms with Gasteiger partial charge in [-0.05, 0) is 19.4 Å². The monoisotopic (exact) mass is 328 g/mol. The number of urea groups is 1. The number of hydrogen-bond acceptors (Lipinski definition) is 4. The Hall–Kier alpha value is -2.47. The number of amides is 2.